The molecule has 1 heterocycles. The van der Waals surface area contributed by atoms with Crippen molar-refractivity contribution in [2.45, 2.75) is 57.2 Å². The van der Waals surface area contributed by atoms with E-state index in [-0.39, 0.29) is 60.8 Å². The Bertz CT molecular complexity index is 929. The molecule has 13 heteroatoms. The fourth-order valence-corrected chi connectivity index (χ4v) is 4.10. The second-order valence-electron chi connectivity index (χ2n) is 8.40. The predicted molar refractivity (Wildman–Crippen MR) is 116 cm³/mol. The first-order valence-electron chi connectivity index (χ1n) is 10.7. The summed E-state index contributed by atoms with van der Waals surface area (Å²) in [4.78, 5) is 37.0. The van der Waals surface area contributed by atoms with Crippen LogP contribution in [0.4, 0.5) is 4.79 Å². The van der Waals surface area contributed by atoms with Crippen LogP contribution in [0.3, 0.4) is 0 Å². The Hall–Kier alpha value is -1.70. The molecule has 4 N–H and O–H groups in total. The van der Waals surface area contributed by atoms with Crippen molar-refractivity contribution in [3.63, 3.8) is 0 Å². The summed E-state index contributed by atoms with van der Waals surface area (Å²) in [6.45, 7) is 3.98. The number of hydrogen-bond donors (Lipinski definition) is 4. The van der Waals surface area contributed by atoms with Gasteiger partial charge in [0.1, 0.15) is 22.8 Å². The summed E-state index contributed by atoms with van der Waals surface area (Å²) in [7, 11) is -5.17. The van der Waals surface area contributed by atoms with E-state index in [9.17, 15) is 32.5 Å². The van der Waals surface area contributed by atoms with Crippen molar-refractivity contribution in [2.24, 2.45) is 11.8 Å². The van der Waals surface area contributed by atoms with Gasteiger partial charge in [-0.25, -0.2) is 13.2 Å². The zero-order valence-corrected chi connectivity index (χ0v) is 22.3. The van der Waals surface area contributed by atoms with Crippen molar-refractivity contribution < 1.29 is 66.8 Å². The van der Waals surface area contributed by atoms with Crippen LogP contribution >= 0.6 is 0 Å². The number of alkyl carbamates (subject to hydrolysis) is 1. The third-order valence-electron chi connectivity index (χ3n) is 5.20. The number of benzene rings is 1. The van der Waals surface area contributed by atoms with Gasteiger partial charge in [0.25, 0.3) is 0 Å². The number of nitrogens with one attached hydrogen (secondary N) is 3. The Morgan fingerprint density at radius 3 is 2.41 bits per heavy atom. The van der Waals surface area contributed by atoms with Gasteiger partial charge in [0, 0.05) is 12.5 Å². The number of aliphatic hydroxyl groups is 1. The molecule has 0 aliphatic carbocycles. The molecule has 0 spiro atoms. The van der Waals surface area contributed by atoms with Gasteiger partial charge in [0.15, 0.2) is 5.44 Å². The predicted octanol–water partition coefficient (Wildman–Crippen LogP) is -2.79. The van der Waals surface area contributed by atoms with Gasteiger partial charge in [-0.05, 0) is 30.7 Å². The van der Waals surface area contributed by atoms with E-state index in [1.165, 1.54) is 0 Å². The number of ether oxygens (including phenoxy) is 1. The number of carbonyl (C=O) groups excluding carboxylic acids is 3. The molecule has 2 rings (SSSR count). The van der Waals surface area contributed by atoms with Crippen LogP contribution < -0.4 is 45.5 Å². The molecule has 0 bridgehead atoms. The summed E-state index contributed by atoms with van der Waals surface area (Å²) in [6, 6.07) is 6.27. The molecule has 4 atom stereocenters. The molecule has 1 aromatic rings. The van der Waals surface area contributed by atoms with Crippen molar-refractivity contribution in [3.05, 3.63) is 35.9 Å². The van der Waals surface area contributed by atoms with Crippen molar-refractivity contribution in [2.75, 3.05) is 6.54 Å². The second-order valence-corrected chi connectivity index (χ2v) is 9.87. The van der Waals surface area contributed by atoms with Crippen LogP contribution in [0.5, 0.6) is 0 Å². The fraction of sp³-hybridized carbons (Fsp3) is 0.571. The Morgan fingerprint density at radius 1 is 1.24 bits per heavy atom. The van der Waals surface area contributed by atoms with Crippen molar-refractivity contribution in [1.29, 1.82) is 0 Å². The van der Waals surface area contributed by atoms with Gasteiger partial charge in [-0.1, -0.05) is 44.2 Å². The second kappa shape index (κ2) is 14.0. The molecule has 0 saturated carbocycles. The van der Waals surface area contributed by atoms with Crippen molar-refractivity contribution >= 4 is 28.0 Å². The van der Waals surface area contributed by atoms with Crippen LogP contribution in [0, 0.1) is 11.8 Å². The maximum Gasteiger partial charge on any atom is 1.00 e. The largest absolute Gasteiger partial charge is 1.00 e. The van der Waals surface area contributed by atoms with Gasteiger partial charge in [0.2, 0.25) is 11.8 Å². The van der Waals surface area contributed by atoms with Crippen molar-refractivity contribution in [1.82, 2.24) is 16.0 Å². The number of amides is 3. The van der Waals surface area contributed by atoms with Crippen LogP contribution in [-0.4, -0.2) is 60.0 Å². The average Bonchev–Trinajstić information content (AvgIpc) is 3.14. The molecule has 3 amide bonds. The van der Waals surface area contributed by atoms with E-state index in [4.69, 9.17) is 4.74 Å². The Kier molecular flexibility index (Phi) is 12.5. The number of carbonyl (C=O) groups is 3. The monoisotopic (exact) mass is 507 g/mol. The van der Waals surface area contributed by atoms with Crippen LogP contribution in [0.2, 0.25) is 0 Å². The van der Waals surface area contributed by atoms with Gasteiger partial charge in [-0.15, -0.1) is 0 Å². The molecule has 1 aromatic carbocycles. The maximum absolute atomic E-state index is 12.9. The van der Waals surface area contributed by atoms with E-state index in [1.807, 2.05) is 19.9 Å². The van der Waals surface area contributed by atoms with E-state index >= 15 is 0 Å². The minimum Gasteiger partial charge on any atom is -0.746 e. The molecule has 0 radical (unpaired) electrons. The quantitative estimate of drug-likeness (QED) is 0.184. The summed E-state index contributed by atoms with van der Waals surface area (Å²) in [6.07, 6.45) is -0.546. The van der Waals surface area contributed by atoms with Gasteiger partial charge < -0.3 is 30.3 Å². The molecule has 1 saturated heterocycles. The zero-order chi connectivity index (χ0) is 24.6. The maximum atomic E-state index is 12.9. The summed E-state index contributed by atoms with van der Waals surface area (Å²) in [5.41, 5.74) is -1.70. The summed E-state index contributed by atoms with van der Waals surface area (Å²) < 4.78 is 39.4. The SMILES string of the molecule is CC(C)C[C@H](NC(=O)OCc1ccccc1)C(=O)N[C@H](CC1CCNC1=O)C(O)S(=O)(=O)[O-].[Na+]. The number of aliphatic hydroxyl groups excluding tert-OH is 1. The zero-order valence-electron chi connectivity index (χ0n) is 19.5. The first-order chi connectivity index (χ1) is 15.5. The van der Waals surface area contributed by atoms with Crippen LogP contribution in [0.15, 0.2) is 30.3 Å². The van der Waals surface area contributed by atoms with Gasteiger partial charge in [0.05, 0.1) is 6.04 Å². The minimum atomic E-state index is -5.17. The average molecular weight is 508 g/mol. The molecule has 11 nitrogen and oxygen atoms in total. The van der Waals surface area contributed by atoms with Gasteiger partial charge in [-0.3, -0.25) is 9.59 Å². The first-order valence-corrected chi connectivity index (χ1v) is 12.1. The topological polar surface area (TPSA) is 174 Å². The van der Waals surface area contributed by atoms with E-state index in [0.29, 0.717) is 13.0 Å². The molecule has 184 valence electrons. The molecule has 34 heavy (non-hydrogen) atoms. The van der Waals surface area contributed by atoms with Crippen molar-refractivity contribution in [3.8, 4) is 0 Å². The molecular formula is C21H30N3NaO8S. The molecule has 1 aliphatic heterocycles. The summed E-state index contributed by atoms with van der Waals surface area (Å²) in [5.74, 6) is -1.86. The molecule has 0 aromatic heterocycles. The standard InChI is InChI=1S/C21H31N3O8S.Na/c1-13(2)10-16(24-21(28)32-12-14-6-4-3-5-7-14)19(26)23-17(20(27)33(29,30)31)11-15-8-9-22-18(15)25;/h3-7,13,15-17,20,27H,8-12H2,1-2H3,(H,22,25)(H,23,26)(H,24,28)(H,29,30,31);/q;+1/p-1/t15?,16-,17+,20?;/m0./s1. The van der Waals surface area contributed by atoms with Gasteiger partial charge in [-0.2, -0.15) is 0 Å². The van der Waals surface area contributed by atoms with E-state index in [1.54, 1.807) is 24.3 Å². The minimum absolute atomic E-state index is 0. The molecular weight excluding hydrogens is 477 g/mol. The van der Waals surface area contributed by atoms with Crippen LogP contribution in [0.1, 0.15) is 38.7 Å². The van der Waals surface area contributed by atoms with Gasteiger partial charge >= 0.3 is 35.7 Å². The molecule has 1 aliphatic rings. The van der Waals surface area contributed by atoms with Crippen LogP contribution in [0.25, 0.3) is 0 Å². The Morgan fingerprint density at radius 2 is 1.88 bits per heavy atom. The van der Waals surface area contributed by atoms with E-state index < -0.39 is 45.6 Å². The normalized spacial score (nSPS) is 18.3. The summed E-state index contributed by atoms with van der Waals surface area (Å²) >= 11 is 0. The third-order valence-corrected chi connectivity index (χ3v) is 6.12. The number of hydrogen-bond acceptors (Lipinski definition) is 8. The smallest absolute Gasteiger partial charge is 0.746 e. The van der Waals surface area contributed by atoms with Crippen LogP contribution in [-0.2, 0) is 31.1 Å². The number of rotatable bonds is 11. The molecule has 1 fully saturated rings. The Labute approximate surface area is 221 Å². The first kappa shape index (κ1) is 30.3. The third kappa shape index (κ3) is 9.88. The molecule has 2 unspecified atom stereocenters. The summed E-state index contributed by atoms with van der Waals surface area (Å²) in [5, 5.41) is 17.4. The Balaban J connectivity index is 0.00000578. The van der Waals surface area contributed by atoms with E-state index in [2.05, 4.69) is 16.0 Å². The van der Waals surface area contributed by atoms with E-state index in [0.717, 1.165) is 5.56 Å². The fourth-order valence-electron chi connectivity index (χ4n) is 3.52.